The van der Waals surface area contributed by atoms with Crippen molar-refractivity contribution in [3.8, 4) is 0 Å². The zero-order valence-corrected chi connectivity index (χ0v) is 24.9. The van der Waals surface area contributed by atoms with E-state index in [0.717, 1.165) is 17.8 Å². The van der Waals surface area contributed by atoms with Crippen LogP contribution >= 0.6 is 0 Å². The van der Waals surface area contributed by atoms with Gasteiger partial charge in [0.15, 0.2) is 0 Å². The summed E-state index contributed by atoms with van der Waals surface area (Å²) < 4.78 is 0. The lowest BCUT2D eigenvalue weighted by Crippen LogP contribution is -2.28. The minimum atomic E-state index is 0.884. The summed E-state index contributed by atoms with van der Waals surface area (Å²) in [7, 11) is 4.58. The van der Waals surface area contributed by atoms with Gasteiger partial charge in [0.1, 0.15) is 0 Å². The number of allylic oxidation sites excluding steroid dienone is 2. The number of nitrogens with zero attached hydrogens (tertiary/aromatic N) is 1. The highest BCUT2D eigenvalue weighted by molar-refractivity contribution is 4.84. The lowest BCUT2D eigenvalue weighted by molar-refractivity contribution is 0.203. The van der Waals surface area contributed by atoms with E-state index in [1.54, 1.807) is 0 Å². The van der Waals surface area contributed by atoms with E-state index in [-0.39, 0.29) is 0 Å². The Morgan fingerprint density at radius 2 is 1.00 bits per heavy atom. The Morgan fingerprint density at radius 1 is 0.500 bits per heavy atom. The molecule has 0 bridgehead atoms. The van der Waals surface area contributed by atoms with Gasteiger partial charge < -0.3 is 4.90 Å². The second-order valence-electron chi connectivity index (χ2n) is 11.8. The van der Waals surface area contributed by atoms with Gasteiger partial charge in [0.25, 0.3) is 0 Å². The fraction of sp³-hybridized carbons (Fsp3) is 0.939. The van der Waals surface area contributed by atoms with E-state index in [2.05, 4.69) is 58.8 Å². The fourth-order valence-corrected chi connectivity index (χ4v) is 5.60. The molecular weight excluding hydrogens is 410 g/mol. The second-order valence-corrected chi connectivity index (χ2v) is 11.8. The second kappa shape index (κ2) is 25.8. The van der Waals surface area contributed by atoms with Crippen molar-refractivity contribution >= 4 is 0 Å². The number of unbranched alkanes of at least 4 members (excludes halogenated alkanes) is 11. The third kappa shape index (κ3) is 22.2. The minimum absolute atomic E-state index is 0.884. The van der Waals surface area contributed by atoms with Crippen molar-refractivity contribution in [1.82, 2.24) is 4.90 Å². The number of rotatable bonds is 26. The average molecular weight is 478 g/mol. The molecule has 0 aliphatic heterocycles. The van der Waals surface area contributed by atoms with Gasteiger partial charge in [-0.05, 0) is 64.0 Å². The molecule has 3 unspecified atom stereocenters. The Balaban J connectivity index is 4.71. The van der Waals surface area contributed by atoms with Crippen LogP contribution in [0.3, 0.4) is 0 Å². The maximum atomic E-state index is 2.51. The molecule has 0 rings (SSSR count). The van der Waals surface area contributed by atoms with Crippen LogP contribution in [0.4, 0.5) is 0 Å². The van der Waals surface area contributed by atoms with Crippen LogP contribution in [0.2, 0.25) is 0 Å². The lowest BCUT2D eigenvalue weighted by Gasteiger charge is -2.30. The molecule has 0 saturated heterocycles. The van der Waals surface area contributed by atoms with E-state index >= 15 is 0 Å². The van der Waals surface area contributed by atoms with Crippen molar-refractivity contribution in [2.24, 2.45) is 17.8 Å². The van der Waals surface area contributed by atoms with Crippen LogP contribution < -0.4 is 0 Å². The summed E-state index contributed by atoms with van der Waals surface area (Å²) in [5.41, 5.74) is 0. The van der Waals surface area contributed by atoms with Crippen LogP contribution in [-0.2, 0) is 0 Å². The van der Waals surface area contributed by atoms with E-state index in [4.69, 9.17) is 0 Å². The van der Waals surface area contributed by atoms with Crippen LogP contribution in [0.1, 0.15) is 163 Å². The van der Waals surface area contributed by atoms with Gasteiger partial charge in [-0.25, -0.2) is 0 Å². The summed E-state index contributed by atoms with van der Waals surface area (Å²) in [5.74, 6) is 2.71. The van der Waals surface area contributed by atoms with Gasteiger partial charge in [0.2, 0.25) is 0 Å². The van der Waals surface area contributed by atoms with Gasteiger partial charge in [-0.15, -0.1) is 0 Å². The molecule has 0 aliphatic carbocycles. The Hall–Kier alpha value is -0.300. The average Bonchev–Trinajstić information content (AvgIpc) is 2.81. The first kappa shape index (κ1) is 33.7. The SMILES string of the molecule is CCCCC/C=C/CCC(CCCC(C)CCCCC)C(CCCCCCCCC)CN(C)C. The molecule has 0 aromatic rings. The highest BCUT2D eigenvalue weighted by atomic mass is 15.1. The van der Waals surface area contributed by atoms with Gasteiger partial charge >= 0.3 is 0 Å². The Morgan fingerprint density at radius 3 is 1.68 bits per heavy atom. The summed E-state index contributed by atoms with van der Waals surface area (Å²) in [6.45, 7) is 10.7. The number of hydrogen-bond donors (Lipinski definition) is 0. The van der Waals surface area contributed by atoms with Crippen molar-refractivity contribution in [3.63, 3.8) is 0 Å². The third-order valence-electron chi connectivity index (χ3n) is 7.86. The zero-order valence-electron chi connectivity index (χ0n) is 24.9. The molecule has 0 fully saturated rings. The van der Waals surface area contributed by atoms with Crippen LogP contribution in [0.5, 0.6) is 0 Å². The summed E-state index contributed by atoms with van der Waals surface area (Å²) in [5, 5.41) is 0. The van der Waals surface area contributed by atoms with Gasteiger partial charge in [0.05, 0.1) is 0 Å². The van der Waals surface area contributed by atoms with Crippen LogP contribution in [0.15, 0.2) is 12.2 Å². The van der Waals surface area contributed by atoms with E-state index < -0.39 is 0 Å². The first-order chi connectivity index (χ1) is 16.5. The number of hydrogen-bond acceptors (Lipinski definition) is 1. The van der Waals surface area contributed by atoms with E-state index in [9.17, 15) is 0 Å². The minimum Gasteiger partial charge on any atom is -0.309 e. The van der Waals surface area contributed by atoms with Gasteiger partial charge in [0, 0.05) is 6.54 Å². The molecule has 0 aliphatic rings. The molecule has 0 radical (unpaired) electrons. The molecule has 34 heavy (non-hydrogen) atoms. The van der Waals surface area contributed by atoms with Gasteiger partial charge in [-0.2, -0.15) is 0 Å². The standard InChI is InChI=1S/C33H67N/c1-7-10-13-15-17-19-22-27-32(29-24-26-31(4)25-21-12-9-3)33(30-34(5)6)28-23-20-18-16-14-11-8-2/h17,19,31-33H,7-16,18,20-30H2,1-6H3/b19-17+. The largest absolute Gasteiger partial charge is 0.309 e. The molecule has 0 saturated carbocycles. The normalized spacial score (nSPS) is 14.8. The first-order valence-corrected chi connectivity index (χ1v) is 15.8. The first-order valence-electron chi connectivity index (χ1n) is 15.8. The molecule has 1 heteroatoms. The fourth-order valence-electron chi connectivity index (χ4n) is 5.60. The molecule has 204 valence electrons. The molecule has 0 heterocycles. The molecule has 0 spiro atoms. The molecule has 0 aromatic heterocycles. The highest BCUT2D eigenvalue weighted by Crippen LogP contribution is 2.30. The maximum Gasteiger partial charge on any atom is 0.000621 e. The quantitative estimate of drug-likeness (QED) is 0.0884. The third-order valence-corrected chi connectivity index (χ3v) is 7.86. The molecule has 0 N–H and O–H groups in total. The van der Waals surface area contributed by atoms with Crippen molar-refractivity contribution < 1.29 is 0 Å². The molecular formula is C33H67N. The van der Waals surface area contributed by atoms with E-state index in [1.807, 2.05) is 0 Å². The molecule has 3 atom stereocenters. The van der Waals surface area contributed by atoms with Crippen molar-refractivity contribution in [3.05, 3.63) is 12.2 Å². The molecule has 0 aromatic carbocycles. The van der Waals surface area contributed by atoms with Gasteiger partial charge in [-0.1, -0.05) is 143 Å². The van der Waals surface area contributed by atoms with Crippen LogP contribution in [0, 0.1) is 17.8 Å². The summed E-state index contributed by atoms with van der Waals surface area (Å²) in [6.07, 6.45) is 34.5. The van der Waals surface area contributed by atoms with Crippen LogP contribution in [-0.4, -0.2) is 25.5 Å². The van der Waals surface area contributed by atoms with Gasteiger partial charge in [-0.3, -0.25) is 0 Å². The van der Waals surface area contributed by atoms with Crippen molar-refractivity contribution in [2.45, 2.75) is 163 Å². The van der Waals surface area contributed by atoms with Crippen molar-refractivity contribution in [2.75, 3.05) is 20.6 Å². The Labute approximate surface area is 217 Å². The topological polar surface area (TPSA) is 3.24 Å². The monoisotopic (exact) mass is 478 g/mol. The van der Waals surface area contributed by atoms with E-state index in [1.165, 1.54) is 141 Å². The highest BCUT2D eigenvalue weighted by Gasteiger charge is 2.21. The smallest absolute Gasteiger partial charge is 0.000621 e. The van der Waals surface area contributed by atoms with Crippen LogP contribution in [0.25, 0.3) is 0 Å². The van der Waals surface area contributed by atoms with E-state index in [0.29, 0.717) is 0 Å². The Bertz CT molecular complexity index is 413. The zero-order chi connectivity index (χ0) is 25.3. The Kier molecular flexibility index (Phi) is 25.6. The lowest BCUT2D eigenvalue weighted by atomic mass is 9.80. The summed E-state index contributed by atoms with van der Waals surface area (Å²) >= 11 is 0. The van der Waals surface area contributed by atoms with Crippen molar-refractivity contribution in [1.29, 1.82) is 0 Å². The predicted molar refractivity (Wildman–Crippen MR) is 158 cm³/mol. The summed E-state index contributed by atoms with van der Waals surface area (Å²) in [6, 6.07) is 0. The maximum absolute atomic E-state index is 2.51. The summed E-state index contributed by atoms with van der Waals surface area (Å²) in [4.78, 5) is 2.47. The molecule has 0 amide bonds. The molecule has 1 nitrogen and oxygen atoms in total. The predicted octanol–water partition coefficient (Wildman–Crippen LogP) is 11.2.